The Hall–Kier alpha value is -2.30. The van der Waals surface area contributed by atoms with Crippen molar-refractivity contribution < 1.29 is 27.8 Å². The summed E-state index contributed by atoms with van der Waals surface area (Å²) in [5, 5.41) is 6.63. The third kappa shape index (κ3) is 6.31. The largest absolute Gasteiger partial charge is 0.355 e. The molecule has 232 valence electrons. The van der Waals surface area contributed by atoms with Crippen molar-refractivity contribution in [3.05, 3.63) is 35.9 Å². The van der Waals surface area contributed by atoms with E-state index < -0.39 is 5.92 Å². The van der Waals surface area contributed by atoms with Crippen LogP contribution in [0.2, 0.25) is 0 Å². The van der Waals surface area contributed by atoms with Gasteiger partial charge < -0.3 is 25.0 Å². The van der Waals surface area contributed by atoms with Crippen LogP contribution in [0.1, 0.15) is 82.7 Å². The van der Waals surface area contributed by atoms with Crippen LogP contribution in [-0.2, 0) is 14.3 Å². The van der Waals surface area contributed by atoms with Crippen LogP contribution in [0.5, 0.6) is 0 Å². The standard InChI is InChI=1S/C32H46F2N4O4/c1-2-30(20-41-22-42-21-30)18-37-19-31(36-29(37)40)16-25-8-9-26(17-31)38(25)15-12-27(23-6-4-3-5-7-23)35-28(39)24-10-13-32(33,34)14-11-24/h3-7,24-27H,2,8-22H2,1H3,(H,35,39)(H,36,40)/t25?,26?,27-,31?/m0/s1. The van der Waals surface area contributed by atoms with Gasteiger partial charge in [-0.25, -0.2) is 13.6 Å². The Kier molecular flexibility index (Phi) is 8.50. The first-order chi connectivity index (χ1) is 20.2. The Balaban J connectivity index is 1.08. The fraction of sp³-hybridized carbons (Fsp3) is 0.750. The van der Waals surface area contributed by atoms with E-state index in [1.807, 2.05) is 35.2 Å². The van der Waals surface area contributed by atoms with Gasteiger partial charge in [0.15, 0.2) is 0 Å². The Morgan fingerprint density at radius 3 is 2.38 bits per heavy atom. The van der Waals surface area contributed by atoms with Crippen molar-refractivity contribution >= 4 is 11.9 Å². The van der Waals surface area contributed by atoms with E-state index in [1.54, 1.807) is 0 Å². The summed E-state index contributed by atoms with van der Waals surface area (Å²) < 4.78 is 38.6. The quantitative estimate of drug-likeness (QED) is 0.431. The second-order valence-electron chi connectivity index (χ2n) is 13.7. The van der Waals surface area contributed by atoms with Crippen molar-refractivity contribution in [2.75, 3.05) is 39.6 Å². The minimum atomic E-state index is -2.65. The van der Waals surface area contributed by atoms with Gasteiger partial charge in [0.25, 0.3) is 0 Å². The summed E-state index contributed by atoms with van der Waals surface area (Å²) in [6.07, 6.45) is 5.78. The molecule has 2 unspecified atom stereocenters. The van der Waals surface area contributed by atoms with Gasteiger partial charge in [-0.2, -0.15) is 0 Å². The highest BCUT2D eigenvalue weighted by atomic mass is 19.3. The van der Waals surface area contributed by atoms with Crippen LogP contribution in [0.15, 0.2) is 30.3 Å². The molecule has 6 rings (SSSR count). The number of piperidine rings is 1. The summed E-state index contributed by atoms with van der Waals surface area (Å²) in [6, 6.07) is 10.6. The normalized spacial score (nSPS) is 31.7. The number of nitrogens with zero attached hydrogens (tertiary/aromatic N) is 2. The van der Waals surface area contributed by atoms with Crippen LogP contribution in [0.25, 0.3) is 0 Å². The molecular weight excluding hydrogens is 542 g/mol. The van der Waals surface area contributed by atoms with Gasteiger partial charge in [-0.3, -0.25) is 9.69 Å². The van der Waals surface area contributed by atoms with Gasteiger partial charge in [0.1, 0.15) is 6.79 Å². The zero-order chi connectivity index (χ0) is 29.4. The third-order valence-corrected chi connectivity index (χ3v) is 10.7. The molecule has 3 atom stereocenters. The third-order valence-electron chi connectivity index (χ3n) is 10.7. The van der Waals surface area contributed by atoms with Crippen molar-refractivity contribution in [3.63, 3.8) is 0 Å². The van der Waals surface area contributed by atoms with Gasteiger partial charge >= 0.3 is 6.03 Å². The number of hydrogen-bond acceptors (Lipinski definition) is 5. The molecule has 4 saturated heterocycles. The number of hydrogen-bond donors (Lipinski definition) is 2. The lowest BCUT2D eigenvalue weighted by molar-refractivity contribution is -0.169. The Labute approximate surface area is 247 Å². The highest BCUT2D eigenvalue weighted by Crippen LogP contribution is 2.44. The lowest BCUT2D eigenvalue weighted by Gasteiger charge is -2.45. The molecule has 1 aliphatic carbocycles. The lowest BCUT2D eigenvalue weighted by Crippen LogP contribution is -2.57. The molecule has 0 aromatic heterocycles. The molecule has 3 amide bonds. The van der Waals surface area contributed by atoms with E-state index in [-0.39, 0.29) is 60.5 Å². The lowest BCUT2D eigenvalue weighted by atomic mass is 9.82. The number of carbonyl (C=O) groups is 2. The molecule has 42 heavy (non-hydrogen) atoms. The molecule has 4 heterocycles. The van der Waals surface area contributed by atoms with Crippen LogP contribution in [0.3, 0.4) is 0 Å². The van der Waals surface area contributed by atoms with Crippen molar-refractivity contribution in [1.29, 1.82) is 0 Å². The topological polar surface area (TPSA) is 83.1 Å². The second-order valence-corrected chi connectivity index (χ2v) is 13.7. The van der Waals surface area contributed by atoms with Crippen molar-refractivity contribution in [2.45, 2.75) is 101 Å². The van der Waals surface area contributed by atoms with Gasteiger partial charge in [0.05, 0.1) is 24.8 Å². The number of halogens is 2. The molecule has 0 radical (unpaired) electrons. The maximum Gasteiger partial charge on any atom is 0.317 e. The molecule has 5 fully saturated rings. The van der Waals surface area contributed by atoms with Crippen LogP contribution in [0.4, 0.5) is 13.6 Å². The van der Waals surface area contributed by atoms with Gasteiger partial charge in [-0.15, -0.1) is 0 Å². The molecule has 4 aliphatic heterocycles. The van der Waals surface area contributed by atoms with Crippen molar-refractivity contribution in [1.82, 2.24) is 20.4 Å². The number of fused-ring (bicyclic) bond motifs is 2. The second kappa shape index (κ2) is 12.0. The van der Waals surface area contributed by atoms with Gasteiger partial charge in [0, 0.05) is 55.9 Å². The van der Waals surface area contributed by atoms with Crippen LogP contribution in [0, 0.1) is 11.3 Å². The summed E-state index contributed by atoms with van der Waals surface area (Å²) in [7, 11) is 0. The molecule has 1 aromatic rings. The first-order valence-corrected chi connectivity index (χ1v) is 15.9. The van der Waals surface area contributed by atoms with Crippen molar-refractivity contribution in [2.24, 2.45) is 11.3 Å². The predicted octanol–water partition coefficient (Wildman–Crippen LogP) is 4.85. The summed E-state index contributed by atoms with van der Waals surface area (Å²) in [5.41, 5.74) is 0.684. The number of urea groups is 1. The molecule has 2 bridgehead atoms. The minimum Gasteiger partial charge on any atom is -0.355 e. The van der Waals surface area contributed by atoms with E-state index in [1.165, 1.54) is 0 Å². The minimum absolute atomic E-state index is 0.0218. The predicted molar refractivity (Wildman–Crippen MR) is 154 cm³/mol. The van der Waals surface area contributed by atoms with E-state index in [0.717, 1.165) is 57.2 Å². The zero-order valence-electron chi connectivity index (χ0n) is 24.8. The van der Waals surface area contributed by atoms with Crippen molar-refractivity contribution in [3.8, 4) is 0 Å². The monoisotopic (exact) mass is 588 g/mol. The number of rotatable bonds is 9. The van der Waals surface area contributed by atoms with Gasteiger partial charge in [-0.05, 0) is 56.9 Å². The smallest absolute Gasteiger partial charge is 0.317 e. The average Bonchev–Trinajstić information content (AvgIpc) is 3.42. The summed E-state index contributed by atoms with van der Waals surface area (Å²) >= 11 is 0. The van der Waals surface area contributed by atoms with E-state index in [4.69, 9.17) is 9.47 Å². The van der Waals surface area contributed by atoms with Crippen LogP contribution >= 0.6 is 0 Å². The maximum atomic E-state index is 13.7. The van der Waals surface area contributed by atoms with Gasteiger partial charge in [-0.1, -0.05) is 37.3 Å². The maximum absolute atomic E-state index is 13.7. The molecule has 10 heteroatoms. The first-order valence-electron chi connectivity index (χ1n) is 15.9. The average molecular weight is 589 g/mol. The SMILES string of the molecule is CCC1(CN2CC3(CC4CCC(C3)N4CC[C@H](NC(=O)C3CCC(F)(F)CC3)c3ccccc3)NC2=O)COCOC1. The summed E-state index contributed by atoms with van der Waals surface area (Å²) in [5.74, 6) is -3.10. The number of alkyl halides is 2. The summed E-state index contributed by atoms with van der Waals surface area (Å²) in [4.78, 5) is 30.9. The first kappa shape index (κ1) is 29.8. The fourth-order valence-corrected chi connectivity index (χ4v) is 8.25. The number of ether oxygens (including phenoxy) is 2. The molecule has 1 spiro atoms. The van der Waals surface area contributed by atoms with Crippen LogP contribution < -0.4 is 10.6 Å². The Bertz CT molecular complexity index is 1090. The number of carbonyl (C=O) groups excluding carboxylic acids is 2. The van der Waals surface area contributed by atoms with Crippen LogP contribution in [-0.4, -0.2) is 84.9 Å². The summed E-state index contributed by atoms with van der Waals surface area (Å²) in [6.45, 7) is 5.91. The zero-order valence-corrected chi connectivity index (χ0v) is 24.8. The number of nitrogens with one attached hydrogen (secondary N) is 2. The van der Waals surface area contributed by atoms with E-state index >= 15 is 0 Å². The fourth-order valence-electron chi connectivity index (χ4n) is 8.25. The van der Waals surface area contributed by atoms with E-state index in [9.17, 15) is 18.4 Å². The number of benzene rings is 1. The van der Waals surface area contributed by atoms with E-state index in [0.29, 0.717) is 38.6 Å². The Morgan fingerprint density at radius 1 is 1.07 bits per heavy atom. The molecule has 1 aromatic carbocycles. The van der Waals surface area contributed by atoms with Gasteiger partial charge in [0.2, 0.25) is 11.8 Å². The molecular formula is C32H46F2N4O4. The molecule has 1 saturated carbocycles. The molecule has 8 nitrogen and oxygen atoms in total. The number of amides is 3. The highest BCUT2D eigenvalue weighted by molar-refractivity contribution is 5.79. The molecule has 5 aliphatic rings. The highest BCUT2D eigenvalue weighted by Gasteiger charge is 2.54. The molecule has 2 N–H and O–H groups in total. The van der Waals surface area contributed by atoms with E-state index in [2.05, 4.69) is 22.5 Å². The Morgan fingerprint density at radius 2 is 1.74 bits per heavy atom.